The van der Waals surface area contributed by atoms with Gasteiger partial charge >= 0.3 is 0 Å². The number of carbonyl (C=O) groups excluding carboxylic acids is 2. The molecule has 1 atom stereocenters. The molecule has 0 aliphatic carbocycles. The zero-order valence-corrected chi connectivity index (χ0v) is 16.1. The molecule has 24 heavy (non-hydrogen) atoms. The second-order valence-electron chi connectivity index (χ2n) is 6.00. The molecule has 7 heteroatoms. The van der Waals surface area contributed by atoms with Gasteiger partial charge in [-0.1, -0.05) is 11.6 Å². The van der Waals surface area contributed by atoms with Crippen molar-refractivity contribution in [2.45, 2.75) is 25.8 Å². The smallest absolute Gasteiger partial charge is 0.232 e. The fraction of sp³-hybridized carbons (Fsp3) is 0.529. The monoisotopic (exact) mass is 390 g/mol. The van der Waals surface area contributed by atoms with E-state index in [0.717, 1.165) is 25.9 Å². The van der Waals surface area contributed by atoms with Crippen molar-refractivity contribution in [3.8, 4) is 0 Å². The second kappa shape index (κ2) is 10.3. The summed E-state index contributed by atoms with van der Waals surface area (Å²) in [5.41, 5.74) is 6.55. The maximum absolute atomic E-state index is 12.2. The van der Waals surface area contributed by atoms with Crippen molar-refractivity contribution in [3.63, 3.8) is 0 Å². The van der Waals surface area contributed by atoms with Gasteiger partial charge in [0.25, 0.3) is 0 Å². The third-order valence-corrected chi connectivity index (χ3v) is 5.43. The van der Waals surface area contributed by atoms with Crippen LogP contribution in [-0.4, -0.2) is 47.2 Å². The molecule has 1 aromatic carbocycles. The molecule has 0 radical (unpaired) electrons. The first kappa shape index (κ1) is 21.3. The minimum absolute atomic E-state index is 0. The fourth-order valence-electron chi connectivity index (χ4n) is 2.72. The van der Waals surface area contributed by atoms with E-state index in [9.17, 15) is 9.59 Å². The van der Waals surface area contributed by atoms with Crippen LogP contribution in [0, 0.1) is 5.92 Å². The quantitative estimate of drug-likeness (QED) is 0.756. The predicted octanol–water partition coefficient (Wildman–Crippen LogP) is 3.26. The number of halogens is 2. The van der Waals surface area contributed by atoms with Gasteiger partial charge in [0.1, 0.15) is 0 Å². The van der Waals surface area contributed by atoms with Crippen LogP contribution in [0.25, 0.3) is 0 Å². The van der Waals surface area contributed by atoms with Crippen molar-refractivity contribution in [3.05, 3.63) is 34.9 Å². The largest absolute Gasteiger partial charge is 0.342 e. The predicted molar refractivity (Wildman–Crippen MR) is 103 cm³/mol. The number of ketones is 1. The molecular formula is C17H24Cl2N2O2S. The number of thioether (sulfide) groups is 1. The number of rotatable bonds is 6. The minimum atomic E-state index is 0. The Bertz CT molecular complexity index is 544. The molecule has 0 saturated carbocycles. The van der Waals surface area contributed by atoms with Crippen LogP contribution in [-0.2, 0) is 4.79 Å². The number of hydrogen-bond donors (Lipinski definition) is 1. The molecule has 1 aromatic rings. The molecule has 1 fully saturated rings. The van der Waals surface area contributed by atoms with Gasteiger partial charge in [-0.15, -0.1) is 24.2 Å². The highest BCUT2D eigenvalue weighted by molar-refractivity contribution is 8.00. The Morgan fingerprint density at radius 2 is 1.83 bits per heavy atom. The number of benzene rings is 1. The molecule has 2 N–H and O–H groups in total. The summed E-state index contributed by atoms with van der Waals surface area (Å²) in [5, 5.41) is 0.611. The highest BCUT2D eigenvalue weighted by Crippen LogP contribution is 2.20. The maximum atomic E-state index is 12.2. The fourth-order valence-corrected chi connectivity index (χ4v) is 3.65. The van der Waals surface area contributed by atoms with Crippen molar-refractivity contribution in [1.29, 1.82) is 0 Å². The van der Waals surface area contributed by atoms with E-state index in [1.165, 1.54) is 11.8 Å². The third-order valence-electron chi connectivity index (χ3n) is 4.26. The lowest BCUT2D eigenvalue weighted by molar-refractivity contribution is -0.129. The van der Waals surface area contributed by atoms with Crippen molar-refractivity contribution in [2.24, 2.45) is 11.7 Å². The molecule has 0 bridgehead atoms. The summed E-state index contributed by atoms with van der Waals surface area (Å²) in [4.78, 5) is 26.1. The number of piperidine rings is 1. The SMILES string of the molecule is CC(N)C1CCN(C(=O)CSCC(=O)c2ccc(Cl)cc2)CC1.Cl. The molecular weight excluding hydrogens is 367 g/mol. The van der Waals surface area contributed by atoms with Gasteiger partial charge in [-0.05, 0) is 49.9 Å². The number of carbonyl (C=O) groups is 2. The summed E-state index contributed by atoms with van der Waals surface area (Å²) < 4.78 is 0. The van der Waals surface area contributed by atoms with Gasteiger partial charge in [0.2, 0.25) is 5.91 Å². The van der Waals surface area contributed by atoms with Crippen LogP contribution in [0.2, 0.25) is 5.02 Å². The van der Waals surface area contributed by atoms with Crippen molar-refractivity contribution in [1.82, 2.24) is 4.90 Å². The van der Waals surface area contributed by atoms with Crippen LogP contribution in [0.4, 0.5) is 0 Å². The Hall–Kier alpha value is -0.750. The Morgan fingerprint density at radius 1 is 1.25 bits per heavy atom. The molecule has 1 aliphatic heterocycles. The molecule has 1 aliphatic rings. The average molecular weight is 391 g/mol. The Morgan fingerprint density at radius 3 is 2.38 bits per heavy atom. The van der Waals surface area contributed by atoms with E-state index in [1.807, 2.05) is 11.8 Å². The van der Waals surface area contributed by atoms with Gasteiger partial charge in [0, 0.05) is 29.7 Å². The van der Waals surface area contributed by atoms with Crippen LogP contribution >= 0.6 is 35.8 Å². The molecule has 1 unspecified atom stereocenters. The molecule has 134 valence electrons. The highest BCUT2D eigenvalue weighted by atomic mass is 35.5. The number of likely N-dealkylation sites (tertiary alicyclic amines) is 1. The molecule has 1 saturated heterocycles. The van der Waals surface area contributed by atoms with Gasteiger partial charge in [-0.25, -0.2) is 0 Å². The van der Waals surface area contributed by atoms with E-state index < -0.39 is 0 Å². The molecule has 1 amide bonds. The van der Waals surface area contributed by atoms with Crippen LogP contribution < -0.4 is 5.73 Å². The van der Waals surface area contributed by atoms with E-state index in [0.29, 0.717) is 28.0 Å². The number of amides is 1. The second-order valence-corrected chi connectivity index (χ2v) is 7.42. The molecule has 4 nitrogen and oxygen atoms in total. The lowest BCUT2D eigenvalue weighted by atomic mass is 9.91. The molecule has 0 aromatic heterocycles. The number of nitrogens with two attached hydrogens (primary N) is 1. The summed E-state index contributed by atoms with van der Waals surface area (Å²) >= 11 is 7.17. The minimum Gasteiger partial charge on any atom is -0.342 e. The van der Waals surface area contributed by atoms with Gasteiger partial charge in [-0.2, -0.15) is 0 Å². The number of hydrogen-bond acceptors (Lipinski definition) is 4. The van der Waals surface area contributed by atoms with Crippen LogP contribution in [0.3, 0.4) is 0 Å². The average Bonchev–Trinajstić information content (AvgIpc) is 2.55. The van der Waals surface area contributed by atoms with E-state index in [4.69, 9.17) is 17.3 Å². The molecule has 1 heterocycles. The zero-order valence-electron chi connectivity index (χ0n) is 13.7. The Labute approximate surface area is 158 Å². The van der Waals surface area contributed by atoms with Crippen LogP contribution in [0.15, 0.2) is 24.3 Å². The summed E-state index contributed by atoms with van der Waals surface area (Å²) in [5.74, 6) is 1.31. The zero-order chi connectivity index (χ0) is 16.8. The van der Waals surface area contributed by atoms with Crippen molar-refractivity contribution >= 4 is 47.5 Å². The van der Waals surface area contributed by atoms with E-state index in [1.54, 1.807) is 24.3 Å². The standard InChI is InChI=1S/C17H23ClN2O2S.ClH/c1-12(19)13-6-8-20(9-7-13)17(22)11-23-10-16(21)14-2-4-15(18)5-3-14;/h2-5,12-13H,6-11,19H2,1H3;1H. The first-order valence-electron chi connectivity index (χ1n) is 7.87. The summed E-state index contributed by atoms with van der Waals surface area (Å²) in [6.07, 6.45) is 1.94. The van der Waals surface area contributed by atoms with Gasteiger partial charge < -0.3 is 10.6 Å². The van der Waals surface area contributed by atoms with Gasteiger partial charge in [-0.3, -0.25) is 9.59 Å². The first-order chi connectivity index (χ1) is 11.0. The topological polar surface area (TPSA) is 63.4 Å². The molecule has 0 spiro atoms. The van der Waals surface area contributed by atoms with E-state index in [-0.39, 0.29) is 30.1 Å². The molecule has 2 rings (SSSR count). The summed E-state index contributed by atoms with van der Waals surface area (Å²) in [6.45, 7) is 3.58. The lowest BCUT2D eigenvalue weighted by Gasteiger charge is -2.33. The number of Topliss-reactive ketones (excluding diaryl/α,β-unsaturated/α-hetero) is 1. The van der Waals surface area contributed by atoms with Gasteiger partial charge in [0.05, 0.1) is 11.5 Å². The normalized spacial score (nSPS) is 16.4. The number of nitrogens with zero attached hydrogens (tertiary/aromatic N) is 1. The van der Waals surface area contributed by atoms with Crippen LogP contribution in [0.1, 0.15) is 30.1 Å². The third kappa shape index (κ3) is 6.28. The van der Waals surface area contributed by atoms with E-state index in [2.05, 4.69) is 0 Å². The summed E-state index contributed by atoms with van der Waals surface area (Å²) in [7, 11) is 0. The van der Waals surface area contributed by atoms with Crippen LogP contribution in [0.5, 0.6) is 0 Å². The highest BCUT2D eigenvalue weighted by Gasteiger charge is 2.24. The maximum Gasteiger partial charge on any atom is 0.232 e. The van der Waals surface area contributed by atoms with Crippen molar-refractivity contribution in [2.75, 3.05) is 24.6 Å². The Kier molecular flexibility index (Phi) is 9.13. The van der Waals surface area contributed by atoms with Crippen molar-refractivity contribution < 1.29 is 9.59 Å². The lowest BCUT2D eigenvalue weighted by Crippen LogP contribution is -2.43. The summed E-state index contributed by atoms with van der Waals surface area (Å²) in [6, 6.07) is 7.02. The Balaban J connectivity index is 0.00000288. The first-order valence-corrected chi connectivity index (χ1v) is 9.40. The van der Waals surface area contributed by atoms with Gasteiger partial charge in [0.15, 0.2) is 5.78 Å². The van der Waals surface area contributed by atoms with E-state index >= 15 is 0 Å².